The fourth-order valence-electron chi connectivity index (χ4n) is 2.96. The first-order valence-electron chi connectivity index (χ1n) is 12.7. The average Bonchev–Trinajstić information content (AvgIpc) is 2.72. The van der Waals surface area contributed by atoms with E-state index in [9.17, 15) is 0 Å². The Morgan fingerprint density at radius 3 is 0.710 bits per heavy atom. The van der Waals surface area contributed by atoms with Crippen molar-refractivity contribution in [3.8, 4) is 0 Å². The Morgan fingerprint density at radius 2 is 0.613 bits per heavy atom. The number of halogens is 1. The molecule has 0 atom stereocenters. The van der Waals surface area contributed by atoms with Crippen molar-refractivity contribution in [2.24, 2.45) is 0 Å². The highest BCUT2D eigenvalue weighted by Gasteiger charge is 2.06. The molecule has 0 aromatic carbocycles. The minimum Gasteiger partial charge on any atom is -0.134 e. The molecule has 192 valence electrons. The lowest BCUT2D eigenvalue weighted by molar-refractivity contribution is 0.405. The lowest BCUT2D eigenvalue weighted by Crippen LogP contribution is -1.95. The maximum atomic E-state index is 8.70. The van der Waals surface area contributed by atoms with Gasteiger partial charge in [0.25, 0.3) is 0 Å². The predicted octanol–water partition coefficient (Wildman–Crippen LogP) is 9.94. The second-order valence-electron chi connectivity index (χ2n) is 8.06. The Kier molecular flexibility index (Phi) is 45.9. The minimum absolute atomic E-state index is 0. The van der Waals surface area contributed by atoms with Gasteiger partial charge in [-0.2, -0.15) is 0 Å². The van der Waals surface area contributed by atoms with Crippen LogP contribution < -0.4 is 0 Å². The van der Waals surface area contributed by atoms with Crippen LogP contribution in [0.15, 0.2) is 0 Å². The van der Waals surface area contributed by atoms with Gasteiger partial charge in [0.1, 0.15) is 0 Å². The molecule has 0 saturated heterocycles. The molecule has 0 aromatic rings. The van der Waals surface area contributed by atoms with Gasteiger partial charge in [-0.05, 0) is 75.5 Å². The first-order valence-corrected chi connectivity index (χ1v) is 17.7. The zero-order valence-corrected chi connectivity index (χ0v) is 26.2. The van der Waals surface area contributed by atoms with Crippen LogP contribution in [0.1, 0.15) is 119 Å². The number of hydrogen-bond donors (Lipinski definition) is 2. The number of unbranched alkanes of at least 4 members (excludes halogenated alkanes) is 6. The second-order valence-corrected chi connectivity index (χ2v) is 13.9. The molecule has 3 nitrogen and oxygen atoms in total. The summed E-state index contributed by atoms with van der Waals surface area (Å²) < 4.78 is 8.70. The van der Waals surface area contributed by atoms with Crippen LogP contribution in [0.3, 0.4) is 0 Å². The topological polar surface area (TPSA) is 57.5 Å². The molecule has 2 N–H and O–H groups in total. The van der Waals surface area contributed by atoms with Crippen molar-refractivity contribution in [3.05, 3.63) is 0 Å². The maximum Gasteiger partial charge on any atom is 0.692 e. The molecule has 0 heterocycles. The Labute approximate surface area is 210 Å². The Morgan fingerprint density at radius 1 is 0.484 bits per heavy atom. The van der Waals surface area contributed by atoms with Crippen LogP contribution in [-0.4, -0.2) is 46.8 Å². The zero-order valence-electron chi connectivity index (χ0n) is 21.8. The normalized spacial score (nSPS) is 10.1. The highest BCUT2D eigenvalue weighted by Crippen LogP contribution is 2.39. The summed E-state index contributed by atoms with van der Waals surface area (Å²) in [6.07, 6.45) is 26.4. The van der Waals surface area contributed by atoms with Crippen LogP contribution in [0, 0.1) is 0 Å². The standard InChI is InChI=1S/2C12H27P.BrH.HO3P/c2*1-4-7-10-13(11-8-5-2)12-9-6-3;;1-4(2)3/h2*4-12H2,1-3H3;1H;(H-,1,2,3)/p+1. The quantitative estimate of drug-likeness (QED) is 0.162. The van der Waals surface area contributed by atoms with E-state index < -0.39 is 8.25 Å². The van der Waals surface area contributed by atoms with Gasteiger partial charge in [-0.15, -0.1) is 42.6 Å². The third kappa shape index (κ3) is 42.0. The van der Waals surface area contributed by atoms with Crippen molar-refractivity contribution in [2.45, 2.75) is 119 Å². The van der Waals surface area contributed by atoms with Crippen LogP contribution in [0.2, 0.25) is 0 Å². The highest BCUT2D eigenvalue weighted by molar-refractivity contribution is 8.93. The molecule has 0 rings (SSSR count). The molecule has 0 saturated carbocycles. The van der Waals surface area contributed by atoms with E-state index >= 15 is 0 Å². The third-order valence-corrected chi connectivity index (χ3v) is 10.7. The fraction of sp³-hybridized carbons (Fsp3) is 1.00. The van der Waals surface area contributed by atoms with Gasteiger partial charge < -0.3 is 0 Å². The molecular weight excluding hydrogens is 509 g/mol. The van der Waals surface area contributed by atoms with Crippen molar-refractivity contribution >= 4 is 41.1 Å². The van der Waals surface area contributed by atoms with E-state index in [1.54, 1.807) is 37.0 Å². The molecule has 0 radical (unpaired) electrons. The number of rotatable bonds is 18. The van der Waals surface area contributed by atoms with Gasteiger partial charge in [-0.25, -0.2) is 0 Å². The molecule has 0 fully saturated rings. The van der Waals surface area contributed by atoms with E-state index in [-0.39, 0.29) is 17.0 Å². The van der Waals surface area contributed by atoms with E-state index in [2.05, 4.69) is 41.5 Å². The lowest BCUT2D eigenvalue weighted by Gasteiger charge is -2.16. The number of hydrogen-bond acceptors (Lipinski definition) is 1. The minimum atomic E-state index is -2.87. The molecule has 7 heteroatoms. The molecule has 0 aliphatic heterocycles. The van der Waals surface area contributed by atoms with Gasteiger partial charge in [0.05, 0.1) is 0 Å². The van der Waals surface area contributed by atoms with E-state index in [1.807, 2.05) is 0 Å². The van der Waals surface area contributed by atoms with Gasteiger partial charge in [-0.1, -0.05) is 80.1 Å². The molecule has 0 unspecified atom stereocenters. The first-order chi connectivity index (χ1) is 14.4. The summed E-state index contributed by atoms with van der Waals surface area (Å²) in [5.74, 6) is 0. The third-order valence-electron chi connectivity index (χ3n) is 4.97. The van der Waals surface area contributed by atoms with Crippen LogP contribution in [0.25, 0.3) is 0 Å². The van der Waals surface area contributed by atoms with Crippen LogP contribution in [-0.2, 0) is 4.57 Å². The SMILES string of the molecule is Br.CCCCP(CCCC)CCCC.CCCCP(CCCC)CCCC.O=[P+](O)O. The van der Waals surface area contributed by atoms with Gasteiger partial charge >= 0.3 is 8.25 Å². The van der Waals surface area contributed by atoms with E-state index in [1.165, 1.54) is 77.0 Å². The van der Waals surface area contributed by atoms with E-state index in [4.69, 9.17) is 14.4 Å². The zero-order chi connectivity index (χ0) is 23.5. The summed E-state index contributed by atoms with van der Waals surface area (Å²) in [7, 11) is -2.03. The highest BCUT2D eigenvalue weighted by atomic mass is 79.9. The molecule has 31 heavy (non-hydrogen) atoms. The second kappa shape index (κ2) is 35.9. The molecular formula is C24H57BrO3P3+. The van der Waals surface area contributed by atoms with Gasteiger partial charge in [0.2, 0.25) is 0 Å². The van der Waals surface area contributed by atoms with Gasteiger partial charge in [0, 0.05) is 4.57 Å². The maximum absolute atomic E-state index is 8.70. The van der Waals surface area contributed by atoms with Crippen molar-refractivity contribution < 1.29 is 14.4 Å². The fourth-order valence-corrected chi connectivity index (χ4v) is 8.88. The summed E-state index contributed by atoms with van der Waals surface area (Å²) in [4.78, 5) is 14.2. The predicted molar refractivity (Wildman–Crippen MR) is 155 cm³/mol. The van der Waals surface area contributed by atoms with Crippen LogP contribution in [0.5, 0.6) is 0 Å². The smallest absolute Gasteiger partial charge is 0.134 e. The molecule has 0 aromatic heterocycles. The van der Waals surface area contributed by atoms with Crippen molar-refractivity contribution in [2.75, 3.05) is 37.0 Å². The van der Waals surface area contributed by atoms with Crippen molar-refractivity contribution in [3.63, 3.8) is 0 Å². The summed E-state index contributed by atoms with van der Waals surface area (Å²) in [6, 6.07) is 0. The Hall–Kier alpha value is 1.36. The Bertz CT molecular complexity index is 258. The van der Waals surface area contributed by atoms with Crippen molar-refractivity contribution in [1.82, 2.24) is 0 Å². The van der Waals surface area contributed by atoms with Crippen molar-refractivity contribution in [1.29, 1.82) is 0 Å². The van der Waals surface area contributed by atoms with E-state index in [0.29, 0.717) is 15.8 Å². The molecule has 0 amide bonds. The molecule has 0 spiro atoms. The molecule has 0 bridgehead atoms. The van der Waals surface area contributed by atoms with Crippen LogP contribution in [0.4, 0.5) is 0 Å². The lowest BCUT2D eigenvalue weighted by atomic mass is 10.4. The Balaban J connectivity index is -0.000000195. The largest absolute Gasteiger partial charge is 0.692 e. The average molecular weight is 567 g/mol. The summed E-state index contributed by atoms with van der Waals surface area (Å²) in [5.41, 5.74) is 0. The monoisotopic (exact) mass is 565 g/mol. The molecule has 0 aliphatic carbocycles. The van der Waals surface area contributed by atoms with Crippen LogP contribution >= 0.6 is 41.1 Å². The summed E-state index contributed by atoms with van der Waals surface area (Å²) in [5, 5.41) is 0. The summed E-state index contributed by atoms with van der Waals surface area (Å²) >= 11 is 0. The summed E-state index contributed by atoms with van der Waals surface area (Å²) in [6.45, 7) is 13.9. The van der Waals surface area contributed by atoms with E-state index in [0.717, 1.165) is 0 Å². The molecule has 0 aliphatic rings. The van der Waals surface area contributed by atoms with Gasteiger partial charge in [-0.3, -0.25) is 0 Å². The van der Waals surface area contributed by atoms with Gasteiger partial charge in [0.15, 0.2) is 0 Å². The first kappa shape index (κ1) is 39.6.